The molecule has 1 saturated heterocycles. The highest BCUT2D eigenvalue weighted by molar-refractivity contribution is 6.16. The second-order valence-electron chi connectivity index (χ2n) is 14.1. The number of amides is 2. The van der Waals surface area contributed by atoms with Crippen LogP contribution < -0.4 is 10.1 Å². The van der Waals surface area contributed by atoms with Gasteiger partial charge >= 0.3 is 0 Å². The molecule has 3 heterocycles. The van der Waals surface area contributed by atoms with E-state index < -0.39 is 29.1 Å². The minimum absolute atomic E-state index is 0.0356. The van der Waals surface area contributed by atoms with Crippen molar-refractivity contribution < 1.29 is 19.1 Å². The SMILES string of the molecule is CC1=C[C@]2(C)C(=C(C)[C@@H]3[C@@H]4C[C@H](C)C[C@H](C)[C@H]4[C@H]4Oc5ccc(cc5)C[C@@H]5C(=O)NC(=O)[C@H]5C(=O)[C@H]2[C@@H]43)[C@@H]1C. The van der Waals surface area contributed by atoms with Gasteiger partial charge in [0.2, 0.25) is 11.8 Å². The first-order valence-electron chi connectivity index (χ1n) is 15.1. The van der Waals surface area contributed by atoms with Crippen LogP contribution in [0.5, 0.6) is 5.75 Å². The van der Waals surface area contributed by atoms with Gasteiger partial charge in [-0.15, -0.1) is 0 Å². The molecule has 2 amide bonds. The number of nitrogens with one attached hydrogen (secondary N) is 1. The maximum atomic E-state index is 15.0. The third-order valence-electron chi connectivity index (χ3n) is 11.9. The van der Waals surface area contributed by atoms with Crippen molar-refractivity contribution in [3.05, 3.63) is 52.6 Å². The van der Waals surface area contributed by atoms with Gasteiger partial charge in [-0.3, -0.25) is 19.7 Å². The Labute approximate surface area is 231 Å². The molecule has 12 atom stereocenters. The van der Waals surface area contributed by atoms with Crippen LogP contribution in [0.25, 0.3) is 0 Å². The summed E-state index contributed by atoms with van der Waals surface area (Å²) in [6.07, 6.45) is 4.90. The number of Topliss-reactive ketones (excluding diaryl/α,β-unsaturated/α-hetero) is 1. The summed E-state index contributed by atoms with van der Waals surface area (Å²) < 4.78 is 7.02. The van der Waals surface area contributed by atoms with Gasteiger partial charge in [-0.05, 0) is 80.4 Å². The monoisotopic (exact) mass is 527 g/mol. The van der Waals surface area contributed by atoms with Gasteiger partial charge in [0.25, 0.3) is 0 Å². The van der Waals surface area contributed by atoms with E-state index in [2.05, 4.69) is 52.9 Å². The number of hydrogen-bond acceptors (Lipinski definition) is 4. The van der Waals surface area contributed by atoms with Crippen LogP contribution in [0.4, 0.5) is 0 Å². The molecule has 8 rings (SSSR count). The molecular formula is C34H41NO4. The first kappa shape index (κ1) is 25.3. The second-order valence-corrected chi connectivity index (χ2v) is 14.1. The number of rotatable bonds is 0. The fourth-order valence-corrected chi connectivity index (χ4v) is 10.7. The van der Waals surface area contributed by atoms with Crippen LogP contribution in [0.2, 0.25) is 0 Å². The summed E-state index contributed by atoms with van der Waals surface area (Å²) in [5.74, 6) is 0.416. The van der Waals surface area contributed by atoms with Crippen molar-refractivity contribution in [3.63, 3.8) is 0 Å². The average molecular weight is 528 g/mol. The molecule has 2 saturated carbocycles. The number of carbonyl (C=O) groups excluding carboxylic acids is 3. The van der Waals surface area contributed by atoms with Crippen molar-refractivity contribution in [1.82, 2.24) is 5.32 Å². The molecule has 0 aromatic heterocycles. The largest absolute Gasteiger partial charge is 0.490 e. The fourth-order valence-electron chi connectivity index (χ4n) is 10.7. The lowest BCUT2D eigenvalue weighted by Gasteiger charge is -2.49. The van der Waals surface area contributed by atoms with E-state index in [4.69, 9.17) is 4.74 Å². The molecule has 1 N–H and O–H groups in total. The van der Waals surface area contributed by atoms with Crippen molar-refractivity contribution in [1.29, 1.82) is 0 Å². The average Bonchev–Trinajstić information content (AvgIpc) is 3.40. The Morgan fingerprint density at radius 3 is 2.38 bits per heavy atom. The van der Waals surface area contributed by atoms with Crippen LogP contribution in [-0.2, 0) is 20.8 Å². The molecule has 0 radical (unpaired) electrons. The van der Waals surface area contributed by atoms with E-state index >= 15 is 4.79 Å². The van der Waals surface area contributed by atoms with E-state index in [0.717, 1.165) is 17.7 Å². The topological polar surface area (TPSA) is 72.5 Å². The predicted octanol–water partition coefficient (Wildman–Crippen LogP) is 5.54. The molecule has 5 nitrogen and oxygen atoms in total. The maximum absolute atomic E-state index is 15.0. The van der Waals surface area contributed by atoms with Crippen LogP contribution in [-0.4, -0.2) is 23.7 Å². The van der Waals surface area contributed by atoms with E-state index in [1.807, 2.05) is 24.3 Å². The van der Waals surface area contributed by atoms with Gasteiger partial charge in [-0.2, -0.15) is 0 Å². The second kappa shape index (κ2) is 8.41. The number of ether oxygens (including phenoxy) is 1. The van der Waals surface area contributed by atoms with Crippen LogP contribution in [0.15, 0.2) is 47.1 Å². The highest BCUT2D eigenvalue weighted by Crippen LogP contribution is 2.67. The molecule has 3 aliphatic heterocycles. The molecule has 206 valence electrons. The molecule has 1 aromatic carbocycles. The van der Waals surface area contributed by atoms with E-state index in [9.17, 15) is 9.59 Å². The highest BCUT2D eigenvalue weighted by Gasteiger charge is 2.67. The lowest BCUT2D eigenvalue weighted by atomic mass is 9.53. The Bertz CT molecular complexity index is 1340. The zero-order valence-corrected chi connectivity index (χ0v) is 24.0. The molecule has 3 fully saturated rings. The summed E-state index contributed by atoms with van der Waals surface area (Å²) in [6.45, 7) is 13.8. The molecule has 0 unspecified atom stereocenters. The summed E-state index contributed by atoms with van der Waals surface area (Å²) in [5.41, 5.74) is 4.58. The zero-order valence-electron chi connectivity index (χ0n) is 24.0. The first-order valence-corrected chi connectivity index (χ1v) is 15.1. The van der Waals surface area contributed by atoms with Crippen LogP contribution in [0.1, 0.15) is 59.9 Å². The van der Waals surface area contributed by atoms with Gasteiger partial charge in [0.15, 0.2) is 5.78 Å². The lowest BCUT2D eigenvalue weighted by Crippen LogP contribution is -2.52. The number of fused-ring (bicyclic) bond motifs is 5. The fraction of sp³-hybridized carbons (Fsp3) is 0.618. The molecule has 7 aliphatic rings. The predicted molar refractivity (Wildman–Crippen MR) is 148 cm³/mol. The molecule has 1 aromatic rings. The number of carbonyl (C=O) groups is 3. The highest BCUT2D eigenvalue weighted by atomic mass is 16.5. The van der Waals surface area contributed by atoms with Crippen LogP contribution in [0.3, 0.4) is 0 Å². The molecule has 39 heavy (non-hydrogen) atoms. The van der Waals surface area contributed by atoms with Gasteiger partial charge < -0.3 is 4.74 Å². The van der Waals surface area contributed by atoms with Gasteiger partial charge in [0.05, 0.1) is 5.92 Å². The van der Waals surface area contributed by atoms with Gasteiger partial charge in [0.1, 0.15) is 17.8 Å². The minimum Gasteiger partial charge on any atom is -0.490 e. The third kappa shape index (κ3) is 3.34. The molecule has 0 spiro atoms. The van der Waals surface area contributed by atoms with Crippen LogP contribution >= 0.6 is 0 Å². The van der Waals surface area contributed by atoms with E-state index in [0.29, 0.717) is 30.1 Å². The Hall–Kier alpha value is -2.69. The molecule has 4 aliphatic carbocycles. The Morgan fingerprint density at radius 2 is 1.67 bits per heavy atom. The smallest absolute Gasteiger partial charge is 0.237 e. The van der Waals surface area contributed by atoms with Gasteiger partial charge in [-0.25, -0.2) is 0 Å². The zero-order chi connectivity index (χ0) is 27.5. The van der Waals surface area contributed by atoms with Crippen molar-refractivity contribution >= 4 is 17.6 Å². The number of benzene rings is 1. The van der Waals surface area contributed by atoms with E-state index in [1.54, 1.807) is 0 Å². The van der Waals surface area contributed by atoms with Crippen molar-refractivity contribution in [2.75, 3.05) is 0 Å². The normalized spacial score (nSPS) is 46.4. The van der Waals surface area contributed by atoms with Crippen molar-refractivity contribution in [3.8, 4) is 5.75 Å². The number of imide groups is 1. The number of allylic oxidation sites excluding steroid dienone is 4. The van der Waals surface area contributed by atoms with E-state index in [-0.39, 0.29) is 35.5 Å². The Morgan fingerprint density at radius 1 is 0.949 bits per heavy atom. The summed E-state index contributed by atoms with van der Waals surface area (Å²) in [4.78, 5) is 41.5. The quantitative estimate of drug-likeness (QED) is 0.273. The maximum Gasteiger partial charge on any atom is 0.237 e. The van der Waals surface area contributed by atoms with E-state index in [1.165, 1.54) is 23.1 Å². The molecule has 2 bridgehead atoms. The number of ketones is 1. The van der Waals surface area contributed by atoms with Crippen molar-refractivity contribution in [2.24, 2.45) is 64.6 Å². The first-order chi connectivity index (χ1) is 18.5. The third-order valence-corrected chi connectivity index (χ3v) is 11.9. The summed E-state index contributed by atoms with van der Waals surface area (Å²) in [7, 11) is 0. The minimum atomic E-state index is -0.956. The summed E-state index contributed by atoms with van der Waals surface area (Å²) in [6, 6.07) is 8.05. The lowest BCUT2D eigenvalue weighted by molar-refractivity contribution is -0.141. The summed E-state index contributed by atoms with van der Waals surface area (Å²) in [5, 5.41) is 2.55. The van der Waals surface area contributed by atoms with Crippen molar-refractivity contribution in [2.45, 2.75) is 66.9 Å². The standard InChI is InChI=1S/C34H41NO4/c1-15-11-16(2)24-22(12-15)25-19(5)28-18(4)17(3)14-34(28,6)29-27(25)31(24)39-21-9-7-20(8-10-21)13-23-26(30(29)36)33(38)35-32(23)37/h7-10,14-16,18,22-27,29,31H,11-13H2,1-6H3,(H,35,37,38)/t15-,16+,18-,22-,23+,24-,25-,26-,27+,29-,31-,34-/m1/s1. The van der Waals surface area contributed by atoms with Gasteiger partial charge in [0, 0.05) is 23.2 Å². The van der Waals surface area contributed by atoms with Crippen LogP contribution in [0, 0.1) is 64.6 Å². The summed E-state index contributed by atoms with van der Waals surface area (Å²) >= 11 is 0. The molecule has 5 heteroatoms. The Kier molecular flexibility index (Phi) is 5.45. The number of hydrogen-bond donors (Lipinski definition) is 1. The molecular weight excluding hydrogens is 486 g/mol. The Balaban J connectivity index is 1.49. The van der Waals surface area contributed by atoms with Gasteiger partial charge in [-0.1, -0.05) is 62.6 Å².